The minimum atomic E-state index is -4.41. The lowest BCUT2D eigenvalue weighted by Crippen LogP contribution is -2.46. The molecule has 6 nitrogen and oxygen atoms in total. The second-order valence-electron chi connectivity index (χ2n) is 3.58. The zero-order valence-electron chi connectivity index (χ0n) is 10.3. The molecule has 0 aromatic rings. The van der Waals surface area contributed by atoms with Crippen molar-refractivity contribution in [1.29, 1.82) is 0 Å². The summed E-state index contributed by atoms with van der Waals surface area (Å²) in [6.45, 7) is 10.1. The van der Waals surface area contributed by atoms with E-state index in [0.717, 1.165) is 31.2 Å². The maximum Gasteiger partial charge on any atom is 0.217 e. The molecule has 0 rings (SSSR count). The molecule has 102 valence electrons. The van der Waals surface area contributed by atoms with Crippen molar-refractivity contribution >= 4 is 10.4 Å². The van der Waals surface area contributed by atoms with Crippen molar-refractivity contribution in [3.63, 3.8) is 0 Å². The van der Waals surface area contributed by atoms with E-state index in [4.69, 9.17) is 5.11 Å². The number of quaternary nitrogens is 1. The minimum Gasteiger partial charge on any atom is -0.726 e. The molecule has 0 radical (unpaired) electrons. The zero-order chi connectivity index (χ0) is 13.9. The Morgan fingerprint density at radius 2 is 1.71 bits per heavy atom. The largest absolute Gasteiger partial charge is 0.726 e. The van der Waals surface area contributed by atoms with Gasteiger partial charge in [0.15, 0.2) is 0 Å². The average molecular weight is 267 g/mol. The van der Waals surface area contributed by atoms with Gasteiger partial charge in [0, 0.05) is 0 Å². The van der Waals surface area contributed by atoms with Crippen molar-refractivity contribution in [2.45, 2.75) is 0 Å². The predicted molar refractivity (Wildman–Crippen MR) is 65.0 cm³/mol. The molecule has 17 heavy (non-hydrogen) atoms. The maximum absolute atomic E-state index is 9.22. The second-order valence-corrected chi connectivity index (χ2v) is 4.73. The van der Waals surface area contributed by atoms with E-state index in [1.165, 1.54) is 0 Å². The topological polar surface area (TPSA) is 86.7 Å². The van der Waals surface area contributed by atoms with Crippen LogP contribution in [0.2, 0.25) is 0 Å². The number of aliphatic hydroxyl groups is 1. The Balaban J connectivity index is 0. The predicted octanol–water partition coefficient (Wildman–Crippen LogP) is -0.110. The van der Waals surface area contributed by atoms with Gasteiger partial charge in [0.05, 0.1) is 33.9 Å². The molecule has 0 heterocycles. The monoisotopic (exact) mass is 267 g/mol. The normalized spacial score (nSPS) is 11.3. The molecule has 0 aromatic heterocycles. The van der Waals surface area contributed by atoms with Crippen molar-refractivity contribution in [2.24, 2.45) is 0 Å². The highest BCUT2D eigenvalue weighted by Crippen LogP contribution is 2.01. The standard InChI is InChI=1S/C9H18NO.CH4O4S/c1-4-6-10(3,7-5-2)8-9-11;1-5-6(2,3)4/h4-5,11H,1-2,6-9H2,3H3;1H3,(H,2,3,4)/q+1;/p-1. The van der Waals surface area contributed by atoms with Gasteiger partial charge in [-0.15, -0.1) is 0 Å². The molecular formula is C10H21NO5S. The van der Waals surface area contributed by atoms with E-state index in [-0.39, 0.29) is 6.61 Å². The zero-order valence-corrected chi connectivity index (χ0v) is 11.1. The van der Waals surface area contributed by atoms with Crippen LogP contribution in [-0.2, 0) is 14.6 Å². The van der Waals surface area contributed by atoms with Crippen LogP contribution in [0.5, 0.6) is 0 Å². The Morgan fingerprint density at radius 1 is 1.35 bits per heavy atom. The highest BCUT2D eigenvalue weighted by atomic mass is 32.3. The van der Waals surface area contributed by atoms with Crippen molar-refractivity contribution in [1.82, 2.24) is 0 Å². The molecular weight excluding hydrogens is 246 g/mol. The molecule has 0 spiro atoms. The summed E-state index contributed by atoms with van der Waals surface area (Å²) < 4.78 is 31.8. The summed E-state index contributed by atoms with van der Waals surface area (Å²) in [5, 5.41) is 8.77. The molecule has 7 heteroatoms. The van der Waals surface area contributed by atoms with Gasteiger partial charge < -0.3 is 14.1 Å². The lowest BCUT2D eigenvalue weighted by Gasteiger charge is -2.31. The quantitative estimate of drug-likeness (QED) is 0.301. The van der Waals surface area contributed by atoms with Crippen LogP contribution in [0, 0.1) is 0 Å². The molecule has 0 atom stereocenters. The van der Waals surface area contributed by atoms with Crippen molar-refractivity contribution in [3.8, 4) is 0 Å². The summed E-state index contributed by atoms with van der Waals surface area (Å²) in [7, 11) is -1.52. The van der Waals surface area contributed by atoms with Gasteiger partial charge in [-0.2, -0.15) is 0 Å². The second kappa shape index (κ2) is 9.32. The van der Waals surface area contributed by atoms with Gasteiger partial charge in [-0.05, 0) is 12.2 Å². The van der Waals surface area contributed by atoms with Gasteiger partial charge in [-0.1, -0.05) is 13.2 Å². The van der Waals surface area contributed by atoms with E-state index in [0.29, 0.717) is 0 Å². The van der Waals surface area contributed by atoms with Crippen LogP contribution in [0.4, 0.5) is 0 Å². The molecule has 1 N–H and O–H groups in total. The average Bonchev–Trinajstić information content (AvgIpc) is 2.18. The number of rotatable bonds is 7. The molecule has 0 saturated heterocycles. The van der Waals surface area contributed by atoms with E-state index in [1.807, 2.05) is 12.2 Å². The SMILES string of the molecule is C=CC[N+](C)(CC=C)CCO.COS(=O)(=O)[O-]. The van der Waals surface area contributed by atoms with Crippen LogP contribution in [0.15, 0.2) is 25.3 Å². The molecule has 0 aliphatic heterocycles. The number of nitrogens with zero attached hydrogens (tertiary/aromatic N) is 1. The molecule has 0 fully saturated rings. The van der Waals surface area contributed by atoms with Gasteiger partial charge in [-0.3, -0.25) is 4.18 Å². The molecule has 0 aliphatic rings. The van der Waals surface area contributed by atoms with E-state index < -0.39 is 10.4 Å². The highest BCUT2D eigenvalue weighted by Gasteiger charge is 2.15. The third-order valence-corrected chi connectivity index (χ3v) is 2.39. The van der Waals surface area contributed by atoms with Gasteiger partial charge in [0.2, 0.25) is 10.4 Å². The number of aliphatic hydroxyl groups excluding tert-OH is 1. The first-order valence-electron chi connectivity index (χ1n) is 4.92. The number of hydrogen-bond donors (Lipinski definition) is 1. The Labute approximate surface area is 103 Å². The minimum absolute atomic E-state index is 0.220. The summed E-state index contributed by atoms with van der Waals surface area (Å²) in [5.74, 6) is 0. The van der Waals surface area contributed by atoms with Crippen LogP contribution in [0.25, 0.3) is 0 Å². The number of likely N-dealkylation sites (N-methyl/N-ethyl adjacent to an activating group) is 1. The number of hydrogen-bond acceptors (Lipinski definition) is 5. The summed E-state index contributed by atoms with van der Waals surface area (Å²) in [6.07, 6.45) is 3.75. The van der Waals surface area contributed by atoms with Crippen molar-refractivity contribution in [3.05, 3.63) is 25.3 Å². The summed E-state index contributed by atoms with van der Waals surface area (Å²) in [5.41, 5.74) is 0. The molecule has 0 saturated carbocycles. The first kappa shape index (κ1) is 18.6. The van der Waals surface area contributed by atoms with E-state index in [9.17, 15) is 13.0 Å². The van der Waals surface area contributed by atoms with Crippen LogP contribution in [0.3, 0.4) is 0 Å². The first-order chi connectivity index (χ1) is 7.74. The molecule has 0 bridgehead atoms. The Morgan fingerprint density at radius 3 is 1.88 bits per heavy atom. The van der Waals surface area contributed by atoms with Crippen molar-refractivity contribution in [2.75, 3.05) is 40.4 Å². The third-order valence-electron chi connectivity index (χ3n) is 1.98. The van der Waals surface area contributed by atoms with E-state index >= 15 is 0 Å². The smallest absolute Gasteiger partial charge is 0.217 e. The fourth-order valence-corrected chi connectivity index (χ4v) is 1.12. The first-order valence-corrected chi connectivity index (χ1v) is 6.25. The maximum atomic E-state index is 9.22. The molecule has 0 amide bonds. The lowest BCUT2D eigenvalue weighted by molar-refractivity contribution is -0.898. The molecule has 0 aliphatic carbocycles. The fraction of sp³-hybridized carbons (Fsp3) is 0.600. The van der Waals surface area contributed by atoms with Crippen molar-refractivity contribution < 1.29 is 26.7 Å². The summed E-state index contributed by atoms with van der Waals surface area (Å²) in [4.78, 5) is 0. The van der Waals surface area contributed by atoms with Crippen LogP contribution < -0.4 is 0 Å². The highest BCUT2D eigenvalue weighted by molar-refractivity contribution is 7.80. The Hall–Kier alpha value is -0.730. The Bertz CT molecular complexity index is 303. The van der Waals surface area contributed by atoms with Gasteiger partial charge in [-0.25, -0.2) is 8.42 Å². The summed E-state index contributed by atoms with van der Waals surface area (Å²) in [6, 6.07) is 0. The Kier molecular flexibility index (Phi) is 10.2. The van der Waals surface area contributed by atoms with Crippen LogP contribution in [-0.4, -0.2) is 63.0 Å². The van der Waals surface area contributed by atoms with E-state index in [1.54, 1.807) is 0 Å². The fourth-order valence-electron chi connectivity index (χ4n) is 1.12. The summed E-state index contributed by atoms with van der Waals surface area (Å²) >= 11 is 0. The lowest BCUT2D eigenvalue weighted by atomic mass is 10.3. The van der Waals surface area contributed by atoms with Gasteiger partial charge >= 0.3 is 0 Å². The third kappa shape index (κ3) is 13.2. The van der Waals surface area contributed by atoms with Gasteiger partial charge in [0.1, 0.15) is 6.54 Å². The van der Waals surface area contributed by atoms with Crippen LogP contribution >= 0.6 is 0 Å². The molecule has 0 aromatic carbocycles. The van der Waals surface area contributed by atoms with E-state index in [2.05, 4.69) is 24.4 Å². The van der Waals surface area contributed by atoms with Gasteiger partial charge in [0.25, 0.3) is 0 Å². The molecule has 0 unspecified atom stereocenters. The van der Waals surface area contributed by atoms with Crippen LogP contribution in [0.1, 0.15) is 0 Å².